The van der Waals surface area contributed by atoms with Crippen molar-refractivity contribution in [2.24, 2.45) is 0 Å². The van der Waals surface area contributed by atoms with Crippen molar-refractivity contribution in [1.29, 1.82) is 0 Å². The monoisotopic (exact) mass is 414 g/mol. The van der Waals surface area contributed by atoms with Crippen LogP contribution in [0.5, 0.6) is 0 Å². The van der Waals surface area contributed by atoms with Crippen LogP contribution in [0.2, 0.25) is 0 Å². The summed E-state index contributed by atoms with van der Waals surface area (Å²) in [4.78, 5) is 31.8. The van der Waals surface area contributed by atoms with Gasteiger partial charge in [0.25, 0.3) is 5.91 Å². The standard InChI is InChI=1S/C24H18N2O3S/c1-14-6-4-7-15(12-14)26-21(17-13-25-18-9-3-2-8-16(17)18)20(23(28)24(26)29)22(27)19-10-5-11-30-19/h2-13,21,25,28H,1H3. The summed E-state index contributed by atoms with van der Waals surface area (Å²) < 4.78 is 0. The number of anilines is 1. The van der Waals surface area contributed by atoms with E-state index in [1.807, 2.05) is 61.7 Å². The summed E-state index contributed by atoms with van der Waals surface area (Å²) in [5.41, 5.74) is 3.39. The minimum absolute atomic E-state index is 0.105. The molecule has 1 aliphatic rings. The fourth-order valence-electron chi connectivity index (χ4n) is 4.04. The number of amides is 1. The first-order chi connectivity index (χ1) is 14.6. The van der Waals surface area contributed by atoms with Crippen LogP contribution in [0.25, 0.3) is 10.9 Å². The highest BCUT2D eigenvalue weighted by molar-refractivity contribution is 7.12. The molecule has 0 aliphatic carbocycles. The van der Waals surface area contributed by atoms with Crippen LogP contribution in [0.15, 0.2) is 83.6 Å². The Kier molecular flexibility index (Phi) is 4.29. The Morgan fingerprint density at radius 2 is 1.93 bits per heavy atom. The Morgan fingerprint density at radius 1 is 1.10 bits per heavy atom. The van der Waals surface area contributed by atoms with Crippen molar-refractivity contribution in [3.05, 3.63) is 99.6 Å². The molecule has 5 nitrogen and oxygen atoms in total. The topological polar surface area (TPSA) is 73.4 Å². The molecular formula is C24H18N2O3S. The number of aliphatic hydroxyl groups excluding tert-OH is 1. The average Bonchev–Trinajstić information content (AvgIpc) is 3.47. The maximum Gasteiger partial charge on any atom is 0.294 e. The molecule has 2 N–H and O–H groups in total. The molecule has 2 aromatic carbocycles. The van der Waals surface area contributed by atoms with Crippen LogP contribution < -0.4 is 4.90 Å². The molecule has 2 aromatic heterocycles. The highest BCUT2D eigenvalue weighted by Crippen LogP contribution is 2.44. The summed E-state index contributed by atoms with van der Waals surface area (Å²) >= 11 is 1.29. The zero-order chi connectivity index (χ0) is 20.8. The van der Waals surface area contributed by atoms with Gasteiger partial charge in [-0.1, -0.05) is 36.4 Å². The van der Waals surface area contributed by atoms with Gasteiger partial charge in [-0.15, -0.1) is 11.3 Å². The van der Waals surface area contributed by atoms with Crippen LogP contribution in [-0.4, -0.2) is 21.8 Å². The molecule has 1 aliphatic heterocycles. The van der Waals surface area contributed by atoms with E-state index in [2.05, 4.69) is 4.98 Å². The molecule has 0 saturated carbocycles. The fraction of sp³-hybridized carbons (Fsp3) is 0.0833. The van der Waals surface area contributed by atoms with Crippen molar-refractivity contribution < 1.29 is 14.7 Å². The maximum atomic E-state index is 13.4. The number of aromatic nitrogens is 1. The van der Waals surface area contributed by atoms with Crippen LogP contribution >= 0.6 is 11.3 Å². The zero-order valence-corrected chi connectivity index (χ0v) is 16.9. The van der Waals surface area contributed by atoms with E-state index < -0.39 is 17.7 Å². The molecule has 1 atom stereocenters. The van der Waals surface area contributed by atoms with E-state index in [-0.39, 0.29) is 11.4 Å². The van der Waals surface area contributed by atoms with Crippen molar-refractivity contribution in [3.63, 3.8) is 0 Å². The van der Waals surface area contributed by atoms with Gasteiger partial charge in [-0.2, -0.15) is 0 Å². The second-order valence-corrected chi connectivity index (χ2v) is 8.22. The number of fused-ring (bicyclic) bond motifs is 1. The smallest absolute Gasteiger partial charge is 0.294 e. The van der Waals surface area contributed by atoms with E-state index in [9.17, 15) is 14.7 Å². The van der Waals surface area contributed by atoms with Crippen LogP contribution in [0.1, 0.15) is 26.8 Å². The molecule has 148 valence electrons. The Balaban J connectivity index is 1.74. The third-order valence-corrected chi connectivity index (χ3v) is 6.26. The molecular weight excluding hydrogens is 396 g/mol. The fourth-order valence-corrected chi connectivity index (χ4v) is 4.71. The number of benzene rings is 2. The highest BCUT2D eigenvalue weighted by Gasteiger charge is 2.45. The molecule has 0 saturated heterocycles. The van der Waals surface area contributed by atoms with Gasteiger partial charge in [0.1, 0.15) is 0 Å². The third kappa shape index (κ3) is 2.76. The van der Waals surface area contributed by atoms with Gasteiger partial charge in [0.15, 0.2) is 5.76 Å². The number of ketones is 1. The Labute approximate surface area is 176 Å². The number of carbonyl (C=O) groups is 2. The average molecular weight is 414 g/mol. The molecule has 1 amide bonds. The van der Waals surface area contributed by atoms with E-state index in [1.165, 1.54) is 16.2 Å². The lowest BCUT2D eigenvalue weighted by molar-refractivity contribution is -0.117. The molecule has 0 spiro atoms. The van der Waals surface area contributed by atoms with E-state index in [4.69, 9.17) is 0 Å². The molecule has 4 aromatic rings. The molecule has 0 radical (unpaired) electrons. The number of carbonyl (C=O) groups excluding carboxylic acids is 2. The molecule has 1 unspecified atom stereocenters. The summed E-state index contributed by atoms with van der Waals surface area (Å²) in [5.74, 6) is -1.40. The van der Waals surface area contributed by atoms with Gasteiger partial charge in [-0.3, -0.25) is 14.5 Å². The maximum absolute atomic E-state index is 13.4. The minimum Gasteiger partial charge on any atom is -0.503 e. The number of thiophene rings is 1. The number of para-hydroxylation sites is 1. The lowest BCUT2D eigenvalue weighted by atomic mass is 9.94. The van der Waals surface area contributed by atoms with Gasteiger partial charge in [-0.25, -0.2) is 0 Å². The highest BCUT2D eigenvalue weighted by atomic mass is 32.1. The first-order valence-corrected chi connectivity index (χ1v) is 10.4. The first kappa shape index (κ1) is 18.4. The van der Waals surface area contributed by atoms with Gasteiger partial charge in [0.2, 0.25) is 5.78 Å². The lowest BCUT2D eigenvalue weighted by Gasteiger charge is -2.26. The largest absolute Gasteiger partial charge is 0.503 e. The number of aromatic amines is 1. The number of nitrogens with zero attached hydrogens (tertiary/aromatic N) is 1. The van der Waals surface area contributed by atoms with Crippen LogP contribution in [0, 0.1) is 6.92 Å². The molecule has 0 fully saturated rings. The van der Waals surface area contributed by atoms with E-state index in [1.54, 1.807) is 17.5 Å². The van der Waals surface area contributed by atoms with Crippen LogP contribution in [-0.2, 0) is 4.79 Å². The predicted molar refractivity (Wildman–Crippen MR) is 118 cm³/mol. The Morgan fingerprint density at radius 3 is 2.70 bits per heavy atom. The number of hydrogen-bond donors (Lipinski definition) is 2. The van der Waals surface area contributed by atoms with E-state index >= 15 is 0 Å². The molecule has 3 heterocycles. The van der Waals surface area contributed by atoms with Gasteiger partial charge in [-0.05, 0) is 42.1 Å². The number of nitrogens with one attached hydrogen (secondary N) is 1. The zero-order valence-electron chi connectivity index (χ0n) is 16.1. The minimum atomic E-state index is -0.731. The van der Waals surface area contributed by atoms with E-state index in [0.29, 0.717) is 10.6 Å². The predicted octanol–water partition coefficient (Wildman–Crippen LogP) is 5.32. The van der Waals surface area contributed by atoms with Gasteiger partial charge in [0, 0.05) is 28.4 Å². The summed E-state index contributed by atoms with van der Waals surface area (Å²) in [6, 6.07) is 18.0. The molecule has 5 rings (SSSR count). The van der Waals surface area contributed by atoms with Crippen molar-refractivity contribution >= 4 is 39.6 Å². The summed E-state index contributed by atoms with van der Waals surface area (Å²) in [5, 5.41) is 13.5. The number of rotatable bonds is 4. The number of H-pyrrole nitrogens is 1. The van der Waals surface area contributed by atoms with E-state index in [0.717, 1.165) is 22.0 Å². The summed E-state index contributed by atoms with van der Waals surface area (Å²) in [7, 11) is 0. The lowest BCUT2D eigenvalue weighted by Crippen LogP contribution is -2.31. The van der Waals surface area contributed by atoms with Crippen molar-refractivity contribution in [3.8, 4) is 0 Å². The number of aliphatic hydroxyl groups is 1. The summed E-state index contributed by atoms with van der Waals surface area (Å²) in [6.07, 6.45) is 1.81. The van der Waals surface area contributed by atoms with Crippen molar-refractivity contribution in [2.75, 3.05) is 4.90 Å². The number of Topliss-reactive ketones (excluding diaryl/α,β-unsaturated/α-hetero) is 1. The molecule has 6 heteroatoms. The molecule has 0 bridgehead atoms. The quantitative estimate of drug-likeness (QED) is 0.444. The SMILES string of the molecule is Cc1cccc(N2C(=O)C(O)=C(C(=O)c3cccs3)C2c2c[nH]c3ccccc23)c1. The molecule has 30 heavy (non-hydrogen) atoms. The normalized spacial score (nSPS) is 16.6. The van der Waals surface area contributed by atoms with Gasteiger partial charge >= 0.3 is 0 Å². The first-order valence-electron chi connectivity index (χ1n) is 9.54. The van der Waals surface area contributed by atoms with Crippen LogP contribution in [0.4, 0.5) is 5.69 Å². The number of aryl methyl sites for hydroxylation is 1. The van der Waals surface area contributed by atoms with Crippen molar-refractivity contribution in [1.82, 2.24) is 4.98 Å². The van der Waals surface area contributed by atoms with Gasteiger partial charge in [0.05, 0.1) is 16.5 Å². The second kappa shape index (κ2) is 7.00. The van der Waals surface area contributed by atoms with Crippen molar-refractivity contribution in [2.45, 2.75) is 13.0 Å². The second-order valence-electron chi connectivity index (χ2n) is 7.28. The Hall–Kier alpha value is -3.64. The summed E-state index contributed by atoms with van der Waals surface area (Å²) in [6.45, 7) is 1.94. The van der Waals surface area contributed by atoms with Crippen LogP contribution in [0.3, 0.4) is 0 Å². The third-order valence-electron chi connectivity index (χ3n) is 5.39. The Bertz CT molecular complexity index is 1320. The number of hydrogen-bond acceptors (Lipinski definition) is 4. The van der Waals surface area contributed by atoms with Gasteiger partial charge < -0.3 is 10.1 Å².